The molecule has 20 heavy (non-hydrogen) atoms. The Hall–Kier alpha value is -1.09. The number of nitrogens with two attached hydrogens (primary N) is 1. The Morgan fingerprint density at radius 3 is 2.70 bits per heavy atom. The molecule has 0 bridgehead atoms. The lowest BCUT2D eigenvalue weighted by molar-refractivity contribution is 0.342. The highest BCUT2D eigenvalue weighted by atomic mass is 19.1. The van der Waals surface area contributed by atoms with Gasteiger partial charge >= 0.3 is 0 Å². The smallest absolute Gasteiger partial charge is 0.146 e. The Labute approximate surface area is 122 Å². The number of hydrogen-bond acceptors (Lipinski definition) is 2. The molecule has 1 aromatic carbocycles. The Bertz CT molecular complexity index is 435. The van der Waals surface area contributed by atoms with Crippen molar-refractivity contribution in [1.82, 2.24) is 0 Å². The molecule has 1 saturated carbocycles. The van der Waals surface area contributed by atoms with E-state index in [4.69, 9.17) is 5.73 Å². The molecule has 0 heterocycles. The lowest BCUT2D eigenvalue weighted by Gasteiger charge is -2.44. The molecule has 0 aromatic heterocycles. The number of rotatable bonds is 4. The van der Waals surface area contributed by atoms with Crippen molar-refractivity contribution in [3.05, 3.63) is 30.1 Å². The van der Waals surface area contributed by atoms with Gasteiger partial charge in [-0.25, -0.2) is 4.39 Å². The predicted molar refractivity (Wildman–Crippen MR) is 83.5 cm³/mol. The number of hydrogen-bond donors (Lipinski definition) is 1. The summed E-state index contributed by atoms with van der Waals surface area (Å²) in [6, 6.07) is 7.08. The summed E-state index contributed by atoms with van der Waals surface area (Å²) in [4.78, 5) is 2.21. The summed E-state index contributed by atoms with van der Waals surface area (Å²) in [7, 11) is 0. The molecule has 0 aliphatic heterocycles. The van der Waals surface area contributed by atoms with Crippen LogP contribution in [0.4, 0.5) is 10.1 Å². The molecule has 0 spiro atoms. The van der Waals surface area contributed by atoms with Crippen molar-refractivity contribution in [3.8, 4) is 0 Å². The monoisotopic (exact) mass is 278 g/mol. The topological polar surface area (TPSA) is 29.3 Å². The van der Waals surface area contributed by atoms with Crippen LogP contribution in [0.25, 0.3) is 0 Å². The zero-order chi connectivity index (χ0) is 14.6. The Morgan fingerprint density at radius 2 is 2.05 bits per heavy atom. The molecule has 112 valence electrons. The lowest BCUT2D eigenvalue weighted by Crippen LogP contribution is -2.54. The van der Waals surface area contributed by atoms with E-state index in [1.165, 1.54) is 19.3 Å². The van der Waals surface area contributed by atoms with Crippen LogP contribution in [0.3, 0.4) is 0 Å². The van der Waals surface area contributed by atoms with E-state index < -0.39 is 0 Å². The molecular formula is C17H27FN2. The zero-order valence-corrected chi connectivity index (χ0v) is 12.7. The highest BCUT2D eigenvalue weighted by Crippen LogP contribution is 2.37. The maximum atomic E-state index is 14.2. The van der Waals surface area contributed by atoms with Crippen LogP contribution in [0.15, 0.2) is 24.3 Å². The fourth-order valence-corrected chi connectivity index (χ4v) is 3.58. The standard InChI is InChI=1S/C17H27FN2/c1-3-20(16-9-5-4-8-15(16)18)17(13-19)11-6-7-14(2)10-12-17/h4-5,8-9,14H,3,6-7,10-13,19H2,1-2H3. The fourth-order valence-electron chi connectivity index (χ4n) is 3.58. The molecule has 3 heteroatoms. The van der Waals surface area contributed by atoms with Gasteiger partial charge in [-0.05, 0) is 44.2 Å². The molecule has 1 aromatic rings. The Morgan fingerprint density at radius 1 is 1.30 bits per heavy atom. The van der Waals surface area contributed by atoms with Gasteiger partial charge in [-0.2, -0.15) is 0 Å². The quantitative estimate of drug-likeness (QED) is 0.845. The van der Waals surface area contributed by atoms with E-state index >= 15 is 0 Å². The van der Waals surface area contributed by atoms with E-state index in [0.717, 1.165) is 25.3 Å². The van der Waals surface area contributed by atoms with Crippen molar-refractivity contribution in [2.24, 2.45) is 11.7 Å². The van der Waals surface area contributed by atoms with Gasteiger partial charge in [0.1, 0.15) is 5.82 Å². The van der Waals surface area contributed by atoms with Crippen LogP contribution < -0.4 is 10.6 Å². The average molecular weight is 278 g/mol. The molecule has 2 rings (SSSR count). The second kappa shape index (κ2) is 6.57. The summed E-state index contributed by atoms with van der Waals surface area (Å²) < 4.78 is 14.2. The predicted octanol–water partition coefficient (Wildman–Crippen LogP) is 3.95. The van der Waals surface area contributed by atoms with Crippen molar-refractivity contribution in [2.75, 3.05) is 18.0 Å². The van der Waals surface area contributed by atoms with Crippen molar-refractivity contribution in [1.29, 1.82) is 0 Å². The SMILES string of the molecule is CCN(c1ccccc1F)C1(CN)CCCC(C)CC1. The molecular weight excluding hydrogens is 251 g/mol. The summed E-state index contributed by atoms with van der Waals surface area (Å²) in [6.07, 6.45) is 5.75. The van der Waals surface area contributed by atoms with Gasteiger partial charge in [0.2, 0.25) is 0 Å². The van der Waals surface area contributed by atoms with E-state index in [1.807, 2.05) is 12.1 Å². The van der Waals surface area contributed by atoms with Crippen LogP contribution >= 0.6 is 0 Å². The van der Waals surface area contributed by atoms with Gasteiger partial charge in [0.25, 0.3) is 0 Å². The minimum atomic E-state index is -0.139. The van der Waals surface area contributed by atoms with Crippen molar-refractivity contribution < 1.29 is 4.39 Å². The Kier molecular flexibility index (Phi) is 5.03. The van der Waals surface area contributed by atoms with Gasteiger partial charge < -0.3 is 10.6 Å². The third kappa shape index (κ3) is 2.98. The van der Waals surface area contributed by atoms with E-state index in [-0.39, 0.29) is 11.4 Å². The molecule has 1 aliphatic rings. The van der Waals surface area contributed by atoms with Crippen molar-refractivity contribution in [2.45, 2.75) is 51.5 Å². The van der Waals surface area contributed by atoms with Crippen molar-refractivity contribution in [3.63, 3.8) is 0 Å². The fraction of sp³-hybridized carbons (Fsp3) is 0.647. The van der Waals surface area contributed by atoms with Crippen LogP contribution in [0, 0.1) is 11.7 Å². The van der Waals surface area contributed by atoms with Crippen LogP contribution in [0.5, 0.6) is 0 Å². The lowest BCUT2D eigenvalue weighted by atomic mass is 9.87. The van der Waals surface area contributed by atoms with Gasteiger partial charge in [0.05, 0.1) is 11.2 Å². The summed E-state index contributed by atoms with van der Waals surface area (Å²) in [6.45, 7) is 5.80. The number of para-hydroxylation sites is 1. The molecule has 1 fully saturated rings. The molecule has 0 amide bonds. The van der Waals surface area contributed by atoms with Gasteiger partial charge in [0, 0.05) is 13.1 Å². The second-order valence-corrected chi connectivity index (χ2v) is 6.16. The number of halogens is 1. The summed E-state index contributed by atoms with van der Waals surface area (Å²) in [5.74, 6) is 0.613. The van der Waals surface area contributed by atoms with E-state index in [9.17, 15) is 4.39 Å². The van der Waals surface area contributed by atoms with Crippen molar-refractivity contribution >= 4 is 5.69 Å². The van der Waals surface area contributed by atoms with E-state index in [1.54, 1.807) is 12.1 Å². The molecule has 2 nitrogen and oxygen atoms in total. The first-order chi connectivity index (χ1) is 9.63. The highest BCUT2D eigenvalue weighted by Gasteiger charge is 2.37. The first kappa shape index (κ1) is 15.3. The van der Waals surface area contributed by atoms with Crippen LogP contribution in [0.1, 0.15) is 46.0 Å². The summed E-state index contributed by atoms with van der Waals surface area (Å²) >= 11 is 0. The van der Waals surface area contributed by atoms with Gasteiger partial charge in [-0.1, -0.05) is 31.9 Å². The molecule has 0 saturated heterocycles. The summed E-state index contributed by atoms with van der Waals surface area (Å²) in [5.41, 5.74) is 6.77. The minimum absolute atomic E-state index is 0.0816. The largest absolute Gasteiger partial charge is 0.362 e. The van der Waals surface area contributed by atoms with Gasteiger partial charge in [-0.15, -0.1) is 0 Å². The van der Waals surface area contributed by atoms with Gasteiger partial charge in [0.15, 0.2) is 0 Å². The number of likely N-dealkylation sites (N-methyl/N-ethyl adjacent to an activating group) is 1. The summed E-state index contributed by atoms with van der Waals surface area (Å²) in [5, 5.41) is 0. The first-order valence-corrected chi connectivity index (χ1v) is 7.85. The van der Waals surface area contributed by atoms with E-state index in [0.29, 0.717) is 12.2 Å². The maximum absolute atomic E-state index is 14.2. The van der Waals surface area contributed by atoms with Crippen LogP contribution in [-0.2, 0) is 0 Å². The molecule has 1 aliphatic carbocycles. The average Bonchev–Trinajstić information content (AvgIpc) is 2.65. The minimum Gasteiger partial charge on any atom is -0.362 e. The molecule has 2 N–H and O–H groups in total. The second-order valence-electron chi connectivity index (χ2n) is 6.16. The highest BCUT2D eigenvalue weighted by molar-refractivity contribution is 5.50. The molecule has 0 radical (unpaired) electrons. The van der Waals surface area contributed by atoms with Crippen LogP contribution in [-0.4, -0.2) is 18.6 Å². The van der Waals surface area contributed by atoms with E-state index in [2.05, 4.69) is 18.7 Å². The number of anilines is 1. The third-order valence-electron chi connectivity index (χ3n) is 4.85. The zero-order valence-electron chi connectivity index (χ0n) is 12.7. The van der Waals surface area contributed by atoms with Gasteiger partial charge in [-0.3, -0.25) is 0 Å². The molecule has 2 atom stereocenters. The third-order valence-corrected chi connectivity index (χ3v) is 4.85. The Balaban J connectivity index is 2.34. The molecule has 2 unspecified atom stereocenters. The first-order valence-electron chi connectivity index (χ1n) is 7.85. The van der Waals surface area contributed by atoms with Crippen LogP contribution in [0.2, 0.25) is 0 Å². The maximum Gasteiger partial charge on any atom is 0.146 e. The number of nitrogens with zero attached hydrogens (tertiary/aromatic N) is 1. The normalized spacial score (nSPS) is 27.1. The number of benzene rings is 1.